The topological polar surface area (TPSA) is 95.9 Å². The van der Waals surface area contributed by atoms with Crippen LogP contribution in [0.25, 0.3) is 11.1 Å². The summed E-state index contributed by atoms with van der Waals surface area (Å²) in [4.78, 5) is 36.2. The predicted molar refractivity (Wildman–Crippen MR) is 119 cm³/mol. The van der Waals surface area contributed by atoms with Crippen molar-refractivity contribution in [1.29, 1.82) is 0 Å². The van der Waals surface area contributed by atoms with Gasteiger partial charge in [0.1, 0.15) is 13.2 Å². The number of carbonyl (C=O) groups excluding carboxylic acids is 2. The third kappa shape index (κ3) is 4.77. The van der Waals surface area contributed by atoms with Crippen molar-refractivity contribution in [3.8, 4) is 11.1 Å². The maximum atomic E-state index is 12.3. The zero-order valence-corrected chi connectivity index (χ0v) is 18.1. The number of hydrogen-bond acceptors (Lipinski definition) is 4. The van der Waals surface area contributed by atoms with Gasteiger partial charge in [0.2, 0.25) is 5.91 Å². The van der Waals surface area contributed by atoms with E-state index in [4.69, 9.17) is 9.84 Å². The number of alkyl carbamates (subject to hydrolysis) is 1. The van der Waals surface area contributed by atoms with Crippen molar-refractivity contribution in [2.75, 3.05) is 26.7 Å². The van der Waals surface area contributed by atoms with E-state index in [9.17, 15) is 14.4 Å². The maximum Gasteiger partial charge on any atom is 0.407 e. The molecule has 7 nitrogen and oxygen atoms in total. The summed E-state index contributed by atoms with van der Waals surface area (Å²) in [7, 11) is 1.51. The summed E-state index contributed by atoms with van der Waals surface area (Å²) in [5.41, 5.74) is 4.75. The van der Waals surface area contributed by atoms with E-state index in [-0.39, 0.29) is 30.9 Å². The minimum Gasteiger partial charge on any atom is -0.480 e. The highest BCUT2D eigenvalue weighted by Crippen LogP contribution is 2.44. The van der Waals surface area contributed by atoms with Gasteiger partial charge in [-0.3, -0.25) is 9.59 Å². The molecule has 168 valence electrons. The quantitative estimate of drug-likeness (QED) is 0.661. The fourth-order valence-corrected chi connectivity index (χ4v) is 4.78. The standard InChI is InChI=1S/C25H28N2O5/c1-27(14-24(29)30)23(28)12-16-10-17(11-16)13-26-25(31)32-15-22-20-8-4-2-6-18(20)19-7-3-5-9-21(19)22/h2-9,16-17,22H,10-15H2,1H3,(H,26,31)(H,29,30). The lowest BCUT2D eigenvalue weighted by molar-refractivity contribution is -0.144. The van der Waals surface area contributed by atoms with Gasteiger partial charge in [-0.25, -0.2) is 4.79 Å². The van der Waals surface area contributed by atoms with Gasteiger partial charge in [0, 0.05) is 25.9 Å². The van der Waals surface area contributed by atoms with E-state index in [1.54, 1.807) is 0 Å². The number of aliphatic carboxylic acids is 1. The van der Waals surface area contributed by atoms with Crippen LogP contribution in [0.2, 0.25) is 0 Å². The van der Waals surface area contributed by atoms with E-state index in [0.29, 0.717) is 18.9 Å². The first kappa shape index (κ1) is 21.9. The monoisotopic (exact) mass is 436 g/mol. The first-order valence-electron chi connectivity index (χ1n) is 11.0. The molecule has 1 saturated carbocycles. The Morgan fingerprint density at radius 1 is 1.00 bits per heavy atom. The van der Waals surface area contributed by atoms with Gasteiger partial charge in [0.05, 0.1) is 0 Å². The van der Waals surface area contributed by atoms with Crippen molar-refractivity contribution < 1.29 is 24.2 Å². The summed E-state index contributed by atoms with van der Waals surface area (Å²) < 4.78 is 5.55. The highest BCUT2D eigenvalue weighted by atomic mass is 16.5. The summed E-state index contributed by atoms with van der Waals surface area (Å²) in [6.45, 7) is 0.530. The van der Waals surface area contributed by atoms with Crippen molar-refractivity contribution in [3.05, 3.63) is 59.7 Å². The number of rotatable bonds is 8. The van der Waals surface area contributed by atoms with Crippen molar-refractivity contribution in [1.82, 2.24) is 10.2 Å². The lowest BCUT2D eigenvalue weighted by Crippen LogP contribution is -2.39. The van der Waals surface area contributed by atoms with Gasteiger partial charge in [-0.1, -0.05) is 48.5 Å². The molecular formula is C25H28N2O5. The first-order valence-corrected chi connectivity index (χ1v) is 11.0. The number of carbonyl (C=O) groups is 3. The normalized spacial score (nSPS) is 18.8. The van der Waals surface area contributed by atoms with E-state index in [2.05, 4.69) is 29.6 Å². The number of nitrogens with zero attached hydrogens (tertiary/aromatic N) is 1. The van der Waals surface area contributed by atoms with Gasteiger partial charge < -0.3 is 20.1 Å². The number of carboxylic acids is 1. The summed E-state index contributed by atoms with van der Waals surface area (Å²) in [6, 6.07) is 16.4. The first-order chi connectivity index (χ1) is 15.4. The smallest absolute Gasteiger partial charge is 0.407 e. The molecule has 2 aliphatic rings. The fourth-order valence-electron chi connectivity index (χ4n) is 4.78. The Kier molecular flexibility index (Phi) is 6.44. The number of nitrogens with one attached hydrogen (secondary N) is 1. The minimum absolute atomic E-state index is 0.0371. The molecule has 0 atom stereocenters. The van der Waals surface area contributed by atoms with Crippen molar-refractivity contribution in [3.63, 3.8) is 0 Å². The molecule has 0 unspecified atom stereocenters. The number of benzene rings is 2. The molecule has 2 amide bonds. The molecule has 7 heteroatoms. The Morgan fingerprint density at radius 3 is 2.19 bits per heavy atom. The molecule has 0 spiro atoms. The third-order valence-electron chi connectivity index (χ3n) is 6.47. The van der Waals surface area contributed by atoms with Crippen LogP contribution in [0.4, 0.5) is 4.79 Å². The van der Waals surface area contributed by atoms with Gasteiger partial charge in [0.15, 0.2) is 0 Å². The van der Waals surface area contributed by atoms with Crippen LogP contribution in [-0.4, -0.2) is 54.7 Å². The van der Waals surface area contributed by atoms with Gasteiger partial charge in [-0.05, 0) is 46.9 Å². The number of fused-ring (bicyclic) bond motifs is 3. The largest absolute Gasteiger partial charge is 0.480 e. The van der Waals surface area contributed by atoms with Gasteiger partial charge in [-0.2, -0.15) is 0 Å². The molecule has 0 radical (unpaired) electrons. The highest BCUT2D eigenvalue weighted by molar-refractivity contribution is 5.81. The number of hydrogen-bond donors (Lipinski definition) is 2. The molecular weight excluding hydrogens is 408 g/mol. The van der Waals surface area contributed by atoms with E-state index in [1.165, 1.54) is 34.2 Å². The molecule has 2 aliphatic carbocycles. The number of amides is 2. The number of likely N-dealkylation sites (N-methyl/N-ethyl adjacent to an activating group) is 1. The summed E-state index contributed by atoms with van der Waals surface area (Å²) in [6.07, 6.45) is 1.62. The Hall–Kier alpha value is -3.35. The molecule has 0 bridgehead atoms. The van der Waals surface area contributed by atoms with Crippen LogP contribution in [0.5, 0.6) is 0 Å². The van der Waals surface area contributed by atoms with Crippen LogP contribution < -0.4 is 5.32 Å². The third-order valence-corrected chi connectivity index (χ3v) is 6.47. The molecule has 0 aliphatic heterocycles. The van der Waals surface area contributed by atoms with Crippen LogP contribution in [0.3, 0.4) is 0 Å². The van der Waals surface area contributed by atoms with E-state index >= 15 is 0 Å². The Balaban J connectivity index is 1.20. The molecule has 1 fully saturated rings. The molecule has 2 aromatic carbocycles. The lowest BCUT2D eigenvalue weighted by atomic mass is 9.73. The molecule has 0 saturated heterocycles. The van der Waals surface area contributed by atoms with E-state index < -0.39 is 12.1 Å². The van der Waals surface area contributed by atoms with Crippen molar-refractivity contribution in [2.24, 2.45) is 11.8 Å². The average Bonchev–Trinajstić information content (AvgIpc) is 3.07. The van der Waals surface area contributed by atoms with Crippen LogP contribution in [0, 0.1) is 11.8 Å². The molecule has 4 rings (SSSR count). The number of carboxylic acid groups (broad SMARTS) is 1. The zero-order chi connectivity index (χ0) is 22.7. The van der Waals surface area contributed by atoms with Gasteiger partial charge >= 0.3 is 12.1 Å². The molecule has 2 aromatic rings. The second-order valence-corrected chi connectivity index (χ2v) is 8.76. The Bertz CT molecular complexity index is 969. The van der Waals surface area contributed by atoms with E-state index in [1.807, 2.05) is 24.3 Å². The molecule has 0 heterocycles. The highest BCUT2D eigenvalue weighted by Gasteiger charge is 2.32. The van der Waals surface area contributed by atoms with Crippen LogP contribution in [-0.2, 0) is 14.3 Å². The van der Waals surface area contributed by atoms with E-state index in [0.717, 1.165) is 12.8 Å². The summed E-state index contributed by atoms with van der Waals surface area (Å²) >= 11 is 0. The van der Waals surface area contributed by atoms with Crippen LogP contribution in [0.15, 0.2) is 48.5 Å². The Morgan fingerprint density at radius 2 is 1.59 bits per heavy atom. The average molecular weight is 437 g/mol. The molecule has 32 heavy (non-hydrogen) atoms. The fraction of sp³-hybridized carbons (Fsp3) is 0.400. The second-order valence-electron chi connectivity index (χ2n) is 8.76. The van der Waals surface area contributed by atoms with Gasteiger partial charge in [0.25, 0.3) is 0 Å². The van der Waals surface area contributed by atoms with Crippen LogP contribution in [0.1, 0.15) is 36.3 Å². The molecule has 2 N–H and O–H groups in total. The number of ether oxygens (including phenoxy) is 1. The van der Waals surface area contributed by atoms with Gasteiger partial charge in [-0.15, -0.1) is 0 Å². The summed E-state index contributed by atoms with van der Waals surface area (Å²) in [5.74, 6) is -0.568. The minimum atomic E-state index is -1.01. The van der Waals surface area contributed by atoms with Crippen LogP contribution >= 0.6 is 0 Å². The molecule has 0 aromatic heterocycles. The second kappa shape index (κ2) is 9.42. The maximum absolute atomic E-state index is 12.3. The lowest BCUT2D eigenvalue weighted by Gasteiger charge is -2.35. The summed E-state index contributed by atoms with van der Waals surface area (Å²) in [5, 5.41) is 11.6. The SMILES string of the molecule is CN(CC(=O)O)C(=O)CC1CC(CNC(=O)OCC2c3ccccc3-c3ccccc32)C1. The zero-order valence-electron chi connectivity index (χ0n) is 18.1. The van der Waals surface area contributed by atoms with Crippen molar-refractivity contribution in [2.45, 2.75) is 25.2 Å². The Labute approximate surface area is 187 Å². The van der Waals surface area contributed by atoms with Crippen molar-refractivity contribution >= 4 is 18.0 Å². The predicted octanol–water partition coefficient (Wildman–Crippen LogP) is 3.48.